The van der Waals surface area contributed by atoms with E-state index in [0.29, 0.717) is 5.69 Å². The summed E-state index contributed by atoms with van der Waals surface area (Å²) in [5.74, 6) is -1.23. The van der Waals surface area contributed by atoms with Gasteiger partial charge in [0.2, 0.25) is 0 Å². The lowest BCUT2D eigenvalue weighted by molar-refractivity contribution is 0.324. The van der Waals surface area contributed by atoms with E-state index in [1.165, 1.54) is 0 Å². The molecule has 1 nitrogen and oxygen atoms in total. The zero-order valence-electron chi connectivity index (χ0n) is 8.94. The fourth-order valence-corrected chi connectivity index (χ4v) is 1.15. The lowest BCUT2D eigenvalue weighted by Crippen LogP contribution is -2.18. The Morgan fingerprint density at radius 2 is 1.86 bits per heavy atom. The molecule has 0 saturated heterocycles. The summed E-state index contributed by atoms with van der Waals surface area (Å²) in [6.07, 6.45) is 1.06. The number of pyridine rings is 1. The van der Waals surface area contributed by atoms with E-state index in [0.717, 1.165) is 12.3 Å². The van der Waals surface area contributed by atoms with Gasteiger partial charge in [0.1, 0.15) is 11.6 Å². The molecule has 0 aliphatic carbocycles. The molecule has 1 atom stereocenters. The Kier molecular flexibility index (Phi) is 2.88. The topological polar surface area (TPSA) is 12.9 Å². The number of hydrogen-bond donors (Lipinski definition) is 0. The van der Waals surface area contributed by atoms with Crippen molar-refractivity contribution in [3.8, 4) is 0 Å². The Morgan fingerprint density at radius 3 is 2.29 bits per heavy atom. The Hall–Kier alpha value is -0.990. The van der Waals surface area contributed by atoms with Gasteiger partial charge in [0.15, 0.2) is 0 Å². The van der Waals surface area contributed by atoms with Gasteiger partial charge in [-0.1, -0.05) is 27.7 Å². The second kappa shape index (κ2) is 3.64. The van der Waals surface area contributed by atoms with Crippen molar-refractivity contribution in [2.75, 3.05) is 0 Å². The minimum atomic E-state index is -0.632. The van der Waals surface area contributed by atoms with Crippen LogP contribution in [0.3, 0.4) is 0 Å². The van der Waals surface area contributed by atoms with E-state index in [1.807, 2.05) is 27.7 Å². The highest BCUT2D eigenvalue weighted by atomic mass is 19.1. The average Bonchev–Trinajstić information content (AvgIpc) is 2.01. The van der Waals surface area contributed by atoms with Crippen LogP contribution in [-0.2, 0) is 0 Å². The highest BCUT2D eigenvalue weighted by Crippen LogP contribution is 2.34. The van der Waals surface area contributed by atoms with Gasteiger partial charge < -0.3 is 0 Å². The molecule has 78 valence electrons. The summed E-state index contributed by atoms with van der Waals surface area (Å²) in [7, 11) is 0. The highest BCUT2D eigenvalue weighted by molar-refractivity contribution is 5.14. The van der Waals surface area contributed by atoms with Crippen molar-refractivity contribution in [1.82, 2.24) is 4.98 Å². The summed E-state index contributed by atoms with van der Waals surface area (Å²) < 4.78 is 25.9. The van der Waals surface area contributed by atoms with E-state index in [1.54, 1.807) is 0 Å². The first-order chi connectivity index (χ1) is 6.32. The van der Waals surface area contributed by atoms with Gasteiger partial charge in [0, 0.05) is 12.0 Å². The molecule has 0 bridgehead atoms. The minimum absolute atomic E-state index is 0.0388. The Balaban J connectivity index is 3.08. The number of halogens is 2. The van der Waals surface area contributed by atoms with Crippen LogP contribution in [0.4, 0.5) is 8.78 Å². The van der Waals surface area contributed by atoms with E-state index in [-0.39, 0.29) is 11.3 Å². The molecule has 1 rings (SSSR count). The third kappa shape index (κ3) is 2.28. The molecular weight excluding hydrogens is 184 g/mol. The van der Waals surface area contributed by atoms with Gasteiger partial charge >= 0.3 is 0 Å². The number of nitrogens with zero attached hydrogens (tertiary/aromatic N) is 1. The third-order valence-electron chi connectivity index (χ3n) is 2.55. The third-order valence-corrected chi connectivity index (χ3v) is 2.55. The molecule has 0 unspecified atom stereocenters. The lowest BCUT2D eigenvalue weighted by Gasteiger charge is -2.26. The molecule has 0 amide bonds. The van der Waals surface area contributed by atoms with Crippen molar-refractivity contribution in [2.24, 2.45) is 5.41 Å². The number of aromatic nitrogens is 1. The largest absolute Gasteiger partial charge is 0.255 e. The quantitative estimate of drug-likeness (QED) is 0.674. The van der Waals surface area contributed by atoms with Crippen LogP contribution in [0.2, 0.25) is 0 Å². The van der Waals surface area contributed by atoms with Gasteiger partial charge in [-0.25, -0.2) is 8.78 Å². The van der Waals surface area contributed by atoms with E-state index < -0.39 is 11.6 Å². The summed E-state index contributed by atoms with van der Waals surface area (Å²) in [4.78, 5) is 3.79. The van der Waals surface area contributed by atoms with Gasteiger partial charge in [-0.05, 0) is 5.41 Å². The van der Waals surface area contributed by atoms with Crippen molar-refractivity contribution in [2.45, 2.75) is 33.6 Å². The maximum Gasteiger partial charge on any atom is 0.147 e. The first-order valence-electron chi connectivity index (χ1n) is 4.63. The van der Waals surface area contributed by atoms with Gasteiger partial charge in [-0.3, -0.25) is 4.98 Å². The Morgan fingerprint density at radius 1 is 1.29 bits per heavy atom. The van der Waals surface area contributed by atoms with Crippen LogP contribution in [0, 0.1) is 17.0 Å². The van der Waals surface area contributed by atoms with Crippen LogP contribution in [0.1, 0.15) is 39.3 Å². The van der Waals surface area contributed by atoms with Gasteiger partial charge in [0.25, 0.3) is 0 Å². The predicted octanol–water partition coefficient (Wildman–Crippen LogP) is 3.51. The summed E-state index contributed by atoms with van der Waals surface area (Å²) >= 11 is 0. The molecule has 1 aromatic heterocycles. The molecule has 0 radical (unpaired) electrons. The van der Waals surface area contributed by atoms with Crippen LogP contribution >= 0.6 is 0 Å². The molecule has 0 saturated carbocycles. The van der Waals surface area contributed by atoms with Crippen LogP contribution in [0.15, 0.2) is 12.3 Å². The maximum absolute atomic E-state index is 13.3. The van der Waals surface area contributed by atoms with E-state index in [2.05, 4.69) is 4.98 Å². The van der Waals surface area contributed by atoms with Crippen molar-refractivity contribution < 1.29 is 8.78 Å². The van der Waals surface area contributed by atoms with E-state index in [4.69, 9.17) is 0 Å². The summed E-state index contributed by atoms with van der Waals surface area (Å²) in [5.41, 5.74) is 0.255. The second-order valence-electron chi connectivity index (χ2n) is 4.61. The van der Waals surface area contributed by atoms with Crippen LogP contribution < -0.4 is 0 Å². The zero-order valence-corrected chi connectivity index (χ0v) is 8.94. The van der Waals surface area contributed by atoms with Crippen molar-refractivity contribution in [3.63, 3.8) is 0 Å². The fraction of sp³-hybridized carbons (Fsp3) is 0.545. The minimum Gasteiger partial charge on any atom is -0.255 e. The summed E-state index contributed by atoms with van der Waals surface area (Å²) in [6.45, 7) is 7.90. The van der Waals surface area contributed by atoms with Gasteiger partial charge in [-0.2, -0.15) is 0 Å². The molecule has 14 heavy (non-hydrogen) atoms. The van der Waals surface area contributed by atoms with Crippen LogP contribution in [0.5, 0.6) is 0 Å². The van der Waals surface area contributed by atoms with Crippen molar-refractivity contribution in [1.29, 1.82) is 0 Å². The fourth-order valence-electron chi connectivity index (χ4n) is 1.15. The first-order valence-corrected chi connectivity index (χ1v) is 4.63. The normalized spacial score (nSPS) is 14.1. The number of rotatable bonds is 1. The zero-order chi connectivity index (χ0) is 10.9. The summed E-state index contributed by atoms with van der Waals surface area (Å²) in [6, 6.07) is 0.880. The molecule has 0 N–H and O–H groups in total. The second-order valence-corrected chi connectivity index (χ2v) is 4.61. The molecule has 0 aliphatic rings. The molecule has 3 heteroatoms. The molecular formula is C11H15F2N. The standard InChI is InChI=1S/C11H15F2N/c1-7(11(2,3)4)10-9(13)5-8(12)6-14-10/h5-7H,1-4H3/t7-/m1/s1. The summed E-state index contributed by atoms with van der Waals surface area (Å²) in [5, 5.41) is 0. The SMILES string of the molecule is C[C@H](c1ncc(F)cc1F)C(C)(C)C. The van der Waals surface area contributed by atoms with Gasteiger partial charge in [0.05, 0.1) is 11.9 Å². The molecule has 0 spiro atoms. The van der Waals surface area contributed by atoms with E-state index in [9.17, 15) is 8.78 Å². The molecule has 0 aromatic carbocycles. The Labute approximate surface area is 83.2 Å². The van der Waals surface area contributed by atoms with Crippen LogP contribution in [0.25, 0.3) is 0 Å². The molecule has 1 heterocycles. The maximum atomic E-state index is 13.3. The van der Waals surface area contributed by atoms with Gasteiger partial charge in [-0.15, -0.1) is 0 Å². The Bertz CT molecular complexity index is 329. The smallest absolute Gasteiger partial charge is 0.147 e. The first kappa shape index (κ1) is 11.1. The number of hydrogen-bond acceptors (Lipinski definition) is 1. The predicted molar refractivity (Wildman–Crippen MR) is 52.0 cm³/mol. The van der Waals surface area contributed by atoms with E-state index >= 15 is 0 Å². The molecule has 0 fully saturated rings. The molecule has 1 aromatic rings. The van der Waals surface area contributed by atoms with Crippen molar-refractivity contribution in [3.05, 3.63) is 29.6 Å². The highest BCUT2D eigenvalue weighted by Gasteiger charge is 2.25. The van der Waals surface area contributed by atoms with Crippen LogP contribution in [-0.4, -0.2) is 4.98 Å². The monoisotopic (exact) mass is 199 g/mol. The molecule has 0 aliphatic heterocycles. The lowest BCUT2D eigenvalue weighted by atomic mass is 9.80. The average molecular weight is 199 g/mol. The van der Waals surface area contributed by atoms with Crippen molar-refractivity contribution >= 4 is 0 Å².